The van der Waals surface area contributed by atoms with Crippen LogP contribution in [-0.2, 0) is 11.2 Å². The number of hydrogen-bond acceptors (Lipinski definition) is 3. The first-order chi connectivity index (χ1) is 8.63. The molecule has 5 heteroatoms. The Hall–Kier alpha value is -1.36. The van der Waals surface area contributed by atoms with Gasteiger partial charge in [0.25, 0.3) is 0 Å². The molecule has 0 aliphatic heterocycles. The van der Waals surface area contributed by atoms with E-state index in [-0.39, 0.29) is 6.04 Å². The van der Waals surface area contributed by atoms with Gasteiger partial charge in [-0.3, -0.25) is 4.79 Å². The van der Waals surface area contributed by atoms with Crippen molar-refractivity contribution in [1.82, 2.24) is 14.9 Å². The van der Waals surface area contributed by atoms with E-state index in [1.165, 1.54) is 0 Å². The molecule has 1 fully saturated rings. The second kappa shape index (κ2) is 5.10. The van der Waals surface area contributed by atoms with Crippen LogP contribution in [0.25, 0.3) is 0 Å². The van der Waals surface area contributed by atoms with Gasteiger partial charge in [-0.1, -0.05) is 6.92 Å². The lowest BCUT2D eigenvalue weighted by atomic mass is 9.79. The van der Waals surface area contributed by atoms with Crippen molar-refractivity contribution in [3.05, 3.63) is 18.2 Å². The van der Waals surface area contributed by atoms with Crippen molar-refractivity contribution in [3.8, 4) is 0 Å². The van der Waals surface area contributed by atoms with Crippen LogP contribution in [0.1, 0.15) is 44.5 Å². The molecule has 0 amide bonds. The Bertz CT molecular complexity index is 430. The summed E-state index contributed by atoms with van der Waals surface area (Å²) in [5, 5.41) is 12.5. The number of aliphatic carboxylic acids is 1. The number of carbonyl (C=O) groups is 1. The third-order valence-electron chi connectivity index (χ3n) is 4.07. The number of aromatic nitrogens is 2. The van der Waals surface area contributed by atoms with Crippen molar-refractivity contribution in [2.75, 3.05) is 7.05 Å². The first-order valence-electron chi connectivity index (χ1n) is 6.57. The van der Waals surface area contributed by atoms with Gasteiger partial charge in [0, 0.05) is 24.9 Å². The molecule has 5 nitrogen and oxygen atoms in total. The highest BCUT2D eigenvalue weighted by Crippen LogP contribution is 2.36. The minimum atomic E-state index is -0.780. The molecule has 2 N–H and O–H groups in total. The van der Waals surface area contributed by atoms with Crippen molar-refractivity contribution in [2.24, 2.45) is 0 Å². The molecule has 100 valence electrons. The Balaban J connectivity index is 2.23. The van der Waals surface area contributed by atoms with E-state index in [4.69, 9.17) is 0 Å². The number of imidazole rings is 1. The molecule has 1 heterocycles. The zero-order chi connectivity index (χ0) is 13.2. The number of carboxylic acids is 1. The molecule has 2 unspecified atom stereocenters. The first-order valence-corrected chi connectivity index (χ1v) is 6.57. The van der Waals surface area contributed by atoms with Gasteiger partial charge in [-0.2, -0.15) is 0 Å². The van der Waals surface area contributed by atoms with Crippen molar-refractivity contribution in [3.63, 3.8) is 0 Å². The Morgan fingerprint density at radius 3 is 3.11 bits per heavy atom. The number of aryl methyl sites for hydroxylation is 1. The van der Waals surface area contributed by atoms with Crippen LogP contribution in [0.2, 0.25) is 0 Å². The molecule has 1 aliphatic rings. The zero-order valence-electron chi connectivity index (χ0n) is 11.0. The summed E-state index contributed by atoms with van der Waals surface area (Å²) in [6.07, 6.45) is 7.93. The van der Waals surface area contributed by atoms with E-state index in [1.54, 1.807) is 13.2 Å². The number of nitrogens with zero attached hydrogens (tertiary/aromatic N) is 2. The van der Waals surface area contributed by atoms with E-state index in [0.29, 0.717) is 12.8 Å². The van der Waals surface area contributed by atoms with Crippen LogP contribution >= 0.6 is 0 Å². The molecule has 1 aromatic rings. The van der Waals surface area contributed by atoms with Gasteiger partial charge in [0.2, 0.25) is 0 Å². The summed E-state index contributed by atoms with van der Waals surface area (Å²) >= 11 is 0. The summed E-state index contributed by atoms with van der Waals surface area (Å²) in [7, 11) is 1.74. The van der Waals surface area contributed by atoms with Crippen molar-refractivity contribution in [2.45, 2.75) is 50.6 Å². The molecule has 2 atom stereocenters. The molecule has 0 bridgehead atoms. The molecule has 0 radical (unpaired) electrons. The van der Waals surface area contributed by atoms with Crippen molar-refractivity contribution in [1.29, 1.82) is 0 Å². The zero-order valence-corrected chi connectivity index (χ0v) is 11.0. The van der Waals surface area contributed by atoms with Gasteiger partial charge in [-0.25, -0.2) is 4.98 Å². The van der Waals surface area contributed by atoms with Crippen LogP contribution < -0.4 is 5.32 Å². The normalized spacial score (nSPS) is 28.2. The minimum Gasteiger partial charge on any atom is -0.480 e. The predicted octanol–water partition coefficient (Wildman–Crippen LogP) is 1.60. The van der Waals surface area contributed by atoms with Gasteiger partial charge in [0.1, 0.15) is 11.4 Å². The number of likely N-dealkylation sites (N-methyl/N-ethyl adjacent to an activating group) is 1. The summed E-state index contributed by atoms with van der Waals surface area (Å²) in [5.41, 5.74) is -0.780. The lowest BCUT2D eigenvalue weighted by molar-refractivity contribution is -0.146. The smallest absolute Gasteiger partial charge is 0.323 e. The first kappa shape index (κ1) is 13.1. The summed E-state index contributed by atoms with van der Waals surface area (Å²) in [4.78, 5) is 15.8. The van der Waals surface area contributed by atoms with Crippen LogP contribution in [0.4, 0.5) is 0 Å². The maximum atomic E-state index is 11.5. The SMILES string of the molecule is CCc1nccn1C1CCCC(NC)(C(=O)O)C1. The molecule has 2 rings (SSSR count). The molecular formula is C13H21N3O2. The average Bonchev–Trinajstić information content (AvgIpc) is 2.86. The minimum absolute atomic E-state index is 0.236. The van der Waals surface area contributed by atoms with Gasteiger partial charge in [-0.05, 0) is 32.7 Å². The highest BCUT2D eigenvalue weighted by atomic mass is 16.4. The fourth-order valence-corrected chi connectivity index (χ4v) is 2.96. The Morgan fingerprint density at radius 2 is 2.50 bits per heavy atom. The van der Waals surface area contributed by atoms with Crippen LogP contribution in [-0.4, -0.2) is 33.2 Å². The summed E-state index contributed by atoms with van der Waals surface area (Å²) in [6, 6.07) is 0.236. The predicted molar refractivity (Wildman–Crippen MR) is 68.5 cm³/mol. The summed E-state index contributed by atoms with van der Waals surface area (Å²) in [5.74, 6) is 0.296. The quantitative estimate of drug-likeness (QED) is 0.853. The molecule has 1 saturated carbocycles. The second-order valence-corrected chi connectivity index (χ2v) is 4.99. The van der Waals surface area contributed by atoms with E-state index in [9.17, 15) is 9.90 Å². The maximum Gasteiger partial charge on any atom is 0.323 e. The van der Waals surface area contributed by atoms with E-state index in [0.717, 1.165) is 25.1 Å². The van der Waals surface area contributed by atoms with Gasteiger partial charge >= 0.3 is 5.97 Å². The maximum absolute atomic E-state index is 11.5. The van der Waals surface area contributed by atoms with Crippen molar-refractivity contribution < 1.29 is 9.90 Å². The fourth-order valence-electron chi connectivity index (χ4n) is 2.96. The number of hydrogen-bond donors (Lipinski definition) is 2. The third kappa shape index (κ3) is 2.14. The van der Waals surface area contributed by atoms with Gasteiger partial charge in [0.15, 0.2) is 0 Å². The standard InChI is InChI=1S/C13H21N3O2/c1-3-11-15-7-8-16(11)10-5-4-6-13(9-10,14-2)12(17)18/h7-8,10,14H,3-6,9H2,1-2H3,(H,17,18). The molecule has 0 saturated heterocycles. The molecule has 1 aliphatic carbocycles. The Labute approximate surface area is 107 Å². The molecule has 0 spiro atoms. The highest BCUT2D eigenvalue weighted by molar-refractivity contribution is 5.79. The summed E-state index contributed by atoms with van der Waals surface area (Å²) < 4.78 is 2.15. The molecule has 1 aromatic heterocycles. The number of rotatable bonds is 4. The lowest BCUT2D eigenvalue weighted by Gasteiger charge is -2.38. The summed E-state index contributed by atoms with van der Waals surface area (Å²) in [6.45, 7) is 2.07. The van der Waals surface area contributed by atoms with E-state index in [2.05, 4.69) is 21.8 Å². The highest BCUT2D eigenvalue weighted by Gasteiger charge is 2.42. The van der Waals surface area contributed by atoms with Gasteiger partial charge in [0.05, 0.1) is 0 Å². The largest absolute Gasteiger partial charge is 0.480 e. The van der Waals surface area contributed by atoms with Crippen molar-refractivity contribution >= 4 is 5.97 Å². The van der Waals surface area contributed by atoms with Crippen LogP contribution in [0, 0.1) is 0 Å². The average molecular weight is 251 g/mol. The van der Waals surface area contributed by atoms with E-state index < -0.39 is 11.5 Å². The second-order valence-electron chi connectivity index (χ2n) is 4.99. The third-order valence-corrected chi connectivity index (χ3v) is 4.07. The molecule has 18 heavy (non-hydrogen) atoms. The monoisotopic (exact) mass is 251 g/mol. The topological polar surface area (TPSA) is 67.2 Å². The number of carboxylic acid groups (broad SMARTS) is 1. The van der Waals surface area contributed by atoms with E-state index >= 15 is 0 Å². The number of nitrogens with one attached hydrogen (secondary N) is 1. The lowest BCUT2D eigenvalue weighted by Crippen LogP contribution is -2.53. The van der Waals surface area contributed by atoms with Crippen LogP contribution in [0.15, 0.2) is 12.4 Å². The van der Waals surface area contributed by atoms with Crippen LogP contribution in [0.3, 0.4) is 0 Å². The molecule has 0 aromatic carbocycles. The Morgan fingerprint density at radius 1 is 1.72 bits per heavy atom. The van der Waals surface area contributed by atoms with Crippen LogP contribution in [0.5, 0.6) is 0 Å². The molecular weight excluding hydrogens is 230 g/mol. The fraction of sp³-hybridized carbons (Fsp3) is 0.692. The van der Waals surface area contributed by atoms with Gasteiger partial charge in [-0.15, -0.1) is 0 Å². The Kier molecular flexibility index (Phi) is 3.71. The van der Waals surface area contributed by atoms with E-state index in [1.807, 2.05) is 6.20 Å². The van der Waals surface area contributed by atoms with Gasteiger partial charge < -0.3 is 15.0 Å².